The number of hydrogen-bond acceptors (Lipinski definition) is 9. The molecule has 4 N–H and O–H groups in total. The lowest BCUT2D eigenvalue weighted by Gasteiger charge is -2.38. The van der Waals surface area contributed by atoms with E-state index >= 15 is 17.6 Å². The van der Waals surface area contributed by atoms with Crippen molar-refractivity contribution in [2.75, 3.05) is 54.0 Å². The lowest BCUT2D eigenvalue weighted by Crippen LogP contribution is -2.47. The number of benzene rings is 4. The van der Waals surface area contributed by atoms with Gasteiger partial charge in [-0.15, -0.1) is 5.73 Å². The van der Waals surface area contributed by atoms with Gasteiger partial charge in [0.1, 0.15) is 29.0 Å². The van der Waals surface area contributed by atoms with E-state index in [1.54, 1.807) is 21.9 Å². The molecule has 0 amide bonds. The Bertz CT molecular complexity index is 3450. The number of alkyl halides is 3. The number of allylic oxidation sites excluding steroid dienone is 5. The van der Waals surface area contributed by atoms with Gasteiger partial charge in [0.05, 0.1) is 69.6 Å². The zero-order chi connectivity index (χ0) is 59.2. The predicted octanol–water partition coefficient (Wildman–Crippen LogP) is 15.3. The van der Waals surface area contributed by atoms with Crippen LogP contribution in [0.2, 0.25) is 0 Å². The topological polar surface area (TPSA) is 97.6 Å². The van der Waals surface area contributed by atoms with E-state index in [0.717, 1.165) is 73.7 Å². The molecule has 2 aromatic heterocycles. The monoisotopic (exact) mass is 1150 g/mol. The summed E-state index contributed by atoms with van der Waals surface area (Å²) in [6, 6.07) is 11.8. The molecule has 10 rings (SSSR count). The van der Waals surface area contributed by atoms with E-state index in [0.29, 0.717) is 65.3 Å². The number of nitrogens with one attached hydrogen (secondary N) is 4. The standard InChI is InChI=1S/C65H78F7N11/c1-11-39(9)73-60(37(5)6)54(13-3)81-25-15-17-58(81)63-75-50-33-44(46(66)35-52(50)77-63)56-23-24-57(83(56)43-31-48(68)62(49(69)32-43)80-29-27-79(28-30-80)42-21-19-41(20-22-42)65(70,71)72)45-34-51-53(36-47(45)67)78-64(76-51)59-18-16-26-82(59)55(14-4)61(38(7)8)74-40(10)12-2/h11-12,14,19-22,31-38,56-61,73-74H,3,15-18,23-30H2,1-2,4-10H3,(H,75,77)(H,76,78)/b39-11-,40-12+,55-14-/t56-,57-,58+,59+,60+,61+/m1/s1. The Morgan fingerprint density at radius 3 is 1.55 bits per heavy atom. The average Bonchev–Trinajstić information content (AvgIpc) is 4.50. The smallest absolute Gasteiger partial charge is 0.380 e. The van der Waals surface area contributed by atoms with Gasteiger partial charge in [-0.2, -0.15) is 13.2 Å². The maximum atomic E-state index is 17.2. The lowest BCUT2D eigenvalue weighted by atomic mass is 9.98. The van der Waals surface area contributed by atoms with Crippen LogP contribution in [0.15, 0.2) is 114 Å². The van der Waals surface area contributed by atoms with Crippen molar-refractivity contribution in [1.29, 1.82) is 0 Å². The maximum absolute atomic E-state index is 17.2. The molecule has 6 aromatic rings. The number of piperazine rings is 1. The van der Waals surface area contributed by atoms with Crippen LogP contribution in [0.3, 0.4) is 0 Å². The third-order valence-corrected chi connectivity index (χ3v) is 17.6. The molecule has 0 saturated carbocycles. The summed E-state index contributed by atoms with van der Waals surface area (Å²) >= 11 is 0. The van der Waals surface area contributed by atoms with Crippen molar-refractivity contribution in [3.8, 4) is 0 Å². The van der Waals surface area contributed by atoms with E-state index < -0.39 is 47.1 Å². The second kappa shape index (κ2) is 24.1. The van der Waals surface area contributed by atoms with Gasteiger partial charge in [0.15, 0.2) is 11.6 Å². The van der Waals surface area contributed by atoms with Crippen molar-refractivity contribution in [2.24, 2.45) is 11.8 Å². The molecule has 11 nitrogen and oxygen atoms in total. The number of aromatic nitrogens is 4. The number of hydrogen-bond donors (Lipinski definition) is 4. The fourth-order valence-corrected chi connectivity index (χ4v) is 13.2. The molecular weight excluding hydrogens is 1070 g/mol. The van der Waals surface area contributed by atoms with E-state index in [1.807, 2.05) is 31.7 Å². The van der Waals surface area contributed by atoms with Crippen molar-refractivity contribution in [3.63, 3.8) is 0 Å². The number of halogens is 7. The van der Waals surface area contributed by atoms with Crippen LogP contribution in [0.4, 0.5) is 47.8 Å². The Balaban J connectivity index is 0.998. The van der Waals surface area contributed by atoms with Crippen LogP contribution in [-0.2, 0) is 6.18 Å². The van der Waals surface area contributed by atoms with Gasteiger partial charge in [-0.1, -0.05) is 52.5 Å². The Hall–Kier alpha value is -7.33. The van der Waals surface area contributed by atoms with Crippen LogP contribution in [0, 0.1) is 35.1 Å². The number of imidazole rings is 2. The zero-order valence-corrected chi connectivity index (χ0v) is 49.1. The van der Waals surface area contributed by atoms with Crippen LogP contribution >= 0.6 is 0 Å². The molecule has 0 radical (unpaired) electrons. The van der Waals surface area contributed by atoms with Gasteiger partial charge in [0.2, 0.25) is 0 Å². The van der Waals surface area contributed by atoms with Gasteiger partial charge >= 0.3 is 6.18 Å². The molecule has 6 heterocycles. The van der Waals surface area contributed by atoms with Crippen molar-refractivity contribution in [3.05, 3.63) is 166 Å². The summed E-state index contributed by atoms with van der Waals surface area (Å²) in [6.07, 6.45) is 5.89. The molecule has 4 fully saturated rings. The second-order valence-electron chi connectivity index (χ2n) is 23.5. The number of nitrogens with zero attached hydrogens (tertiary/aromatic N) is 7. The van der Waals surface area contributed by atoms with Gasteiger partial charge < -0.3 is 45.1 Å². The molecule has 4 aliphatic rings. The average molecular weight is 1150 g/mol. The third kappa shape index (κ3) is 11.7. The molecule has 83 heavy (non-hydrogen) atoms. The lowest BCUT2D eigenvalue weighted by molar-refractivity contribution is -0.137. The first-order chi connectivity index (χ1) is 39.7. The highest BCUT2D eigenvalue weighted by atomic mass is 19.4. The van der Waals surface area contributed by atoms with Gasteiger partial charge in [-0.05, 0) is 134 Å². The molecular formula is C65H78F7N11. The quantitative estimate of drug-likeness (QED) is 0.0526. The molecule has 4 saturated heterocycles. The fraction of sp³-hybridized carbons (Fsp3) is 0.462. The van der Waals surface area contributed by atoms with E-state index in [4.69, 9.17) is 9.97 Å². The Morgan fingerprint density at radius 1 is 0.602 bits per heavy atom. The summed E-state index contributed by atoms with van der Waals surface area (Å²) in [4.78, 5) is 27.0. The minimum Gasteiger partial charge on any atom is -0.380 e. The Morgan fingerprint density at radius 2 is 1.08 bits per heavy atom. The first-order valence-corrected chi connectivity index (χ1v) is 29.4. The molecule has 0 bridgehead atoms. The molecule has 0 unspecified atom stereocenters. The SMILES string of the molecule is C=C=C([C@@H](N/C(C)=C\C)C(C)C)N1CCC[C@H]1c1nc2cc(F)c([C@H]3CC[C@H](c4cc5[nH]c([C@@H]6CCCN6/C(=C\C)[C@@H](N/C(C)=C/C)C(C)C)nc5cc4F)N3c3cc(F)c(N4CCN(c5ccc(C(F)(F)F)cc5)CC4)c(F)c3)cc2[nH]1. The summed E-state index contributed by atoms with van der Waals surface area (Å²) in [5, 5.41) is 7.34. The highest BCUT2D eigenvalue weighted by Crippen LogP contribution is 2.50. The number of aromatic amines is 2. The first-order valence-electron chi connectivity index (χ1n) is 29.4. The Labute approximate surface area is 483 Å². The molecule has 0 aliphatic carbocycles. The number of fused-ring (bicyclic) bond motifs is 2. The second-order valence-corrected chi connectivity index (χ2v) is 23.5. The van der Waals surface area contributed by atoms with E-state index in [9.17, 15) is 13.2 Å². The fourth-order valence-electron chi connectivity index (χ4n) is 13.2. The molecule has 0 spiro atoms. The predicted molar refractivity (Wildman–Crippen MR) is 318 cm³/mol. The summed E-state index contributed by atoms with van der Waals surface area (Å²) < 4.78 is 108. The van der Waals surface area contributed by atoms with Crippen molar-refractivity contribution < 1.29 is 30.7 Å². The molecule has 18 heteroatoms. The van der Waals surface area contributed by atoms with E-state index in [-0.39, 0.29) is 71.6 Å². The summed E-state index contributed by atoms with van der Waals surface area (Å²) in [7, 11) is 0. The van der Waals surface area contributed by atoms with Crippen LogP contribution in [0.25, 0.3) is 22.1 Å². The maximum Gasteiger partial charge on any atom is 0.416 e. The summed E-state index contributed by atoms with van der Waals surface area (Å²) in [5.74, 6) is -0.918. The number of likely N-dealkylation sites (tertiary alicyclic amines) is 2. The largest absolute Gasteiger partial charge is 0.416 e. The minimum absolute atomic E-state index is 0.0472. The molecule has 442 valence electrons. The van der Waals surface area contributed by atoms with Gasteiger partial charge in [-0.25, -0.2) is 27.5 Å². The van der Waals surface area contributed by atoms with Gasteiger partial charge in [0, 0.05) is 91.0 Å². The van der Waals surface area contributed by atoms with Gasteiger partial charge in [-0.3, -0.25) is 0 Å². The van der Waals surface area contributed by atoms with Crippen LogP contribution in [0.5, 0.6) is 0 Å². The minimum atomic E-state index is -4.48. The van der Waals surface area contributed by atoms with Crippen molar-refractivity contribution in [1.82, 2.24) is 40.4 Å². The zero-order valence-electron chi connectivity index (χ0n) is 49.1. The van der Waals surface area contributed by atoms with Crippen molar-refractivity contribution >= 4 is 39.1 Å². The molecule has 4 aromatic carbocycles. The highest BCUT2D eigenvalue weighted by molar-refractivity contribution is 5.78. The van der Waals surface area contributed by atoms with Crippen molar-refractivity contribution in [2.45, 2.75) is 143 Å². The summed E-state index contributed by atoms with van der Waals surface area (Å²) in [5.41, 5.74) is 9.75. The normalized spacial score (nSPS) is 21.1. The number of H-pyrrole nitrogens is 2. The van der Waals surface area contributed by atoms with Crippen LogP contribution in [0.1, 0.15) is 153 Å². The van der Waals surface area contributed by atoms with Gasteiger partial charge in [0.25, 0.3) is 0 Å². The molecule has 4 aliphatic heterocycles. The first kappa shape index (κ1) is 58.9. The number of anilines is 3. The highest BCUT2D eigenvalue weighted by Gasteiger charge is 2.42. The summed E-state index contributed by atoms with van der Waals surface area (Å²) in [6.45, 7) is 25.5. The number of rotatable bonds is 17. The van der Waals surface area contributed by atoms with Crippen LogP contribution < -0.4 is 25.3 Å². The van der Waals surface area contributed by atoms with E-state index in [2.05, 4.69) is 96.4 Å². The van der Waals surface area contributed by atoms with E-state index in [1.165, 1.54) is 36.4 Å². The molecule has 6 atom stereocenters. The third-order valence-electron chi connectivity index (χ3n) is 17.6. The Kier molecular flexibility index (Phi) is 17.1. The van der Waals surface area contributed by atoms with Crippen LogP contribution in [-0.4, -0.2) is 81.1 Å².